The quantitative estimate of drug-likeness (QED) is 0.393. The predicted octanol–water partition coefficient (Wildman–Crippen LogP) is 3.43. The van der Waals surface area contributed by atoms with Crippen molar-refractivity contribution in [2.75, 3.05) is 18.2 Å². The number of thiophene rings is 1. The number of nitrogens with one attached hydrogen (secondary N) is 1. The molecule has 0 unspecified atom stereocenters. The van der Waals surface area contributed by atoms with Crippen molar-refractivity contribution in [3.05, 3.63) is 82.2 Å². The van der Waals surface area contributed by atoms with Gasteiger partial charge in [0.05, 0.1) is 12.8 Å². The molecule has 2 aromatic carbocycles. The lowest BCUT2D eigenvalue weighted by molar-refractivity contribution is -0.149. The van der Waals surface area contributed by atoms with Gasteiger partial charge in [-0.05, 0) is 5.56 Å². The van der Waals surface area contributed by atoms with Gasteiger partial charge in [-0.2, -0.15) is 0 Å². The Bertz CT molecular complexity index is 1090. The summed E-state index contributed by atoms with van der Waals surface area (Å²) in [5.41, 5.74) is 8.54. The third-order valence-corrected chi connectivity index (χ3v) is 6.14. The van der Waals surface area contributed by atoms with E-state index in [2.05, 4.69) is 5.32 Å². The molecule has 3 N–H and O–H groups in total. The molecular formula is C22H18N2O4S. The van der Waals surface area contributed by atoms with Crippen molar-refractivity contribution in [3.8, 4) is 0 Å². The number of carbonyl (C=O) groups is 3. The smallest absolute Gasteiger partial charge is 0.319 e. The van der Waals surface area contributed by atoms with Gasteiger partial charge in [0, 0.05) is 17.0 Å². The van der Waals surface area contributed by atoms with Crippen molar-refractivity contribution < 1.29 is 19.1 Å². The topological polar surface area (TPSA) is 98.5 Å². The maximum Gasteiger partial charge on any atom is 0.319 e. The van der Waals surface area contributed by atoms with Gasteiger partial charge in [0.15, 0.2) is 0 Å². The Kier molecular flexibility index (Phi) is 4.90. The van der Waals surface area contributed by atoms with E-state index in [1.165, 1.54) is 7.11 Å². The molecule has 4 rings (SSSR count). The largest absolute Gasteiger partial charge is 0.468 e. The van der Waals surface area contributed by atoms with Crippen molar-refractivity contribution in [2.24, 2.45) is 5.92 Å². The Morgan fingerprint density at radius 2 is 1.66 bits per heavy atom. The van der Waals surface area contributed by atoms with E-state index in [1.807, 2.05) is 36.4 Å². The number of ether oxygens (including phenoxy) is 1. The van der Waals surface area contributed by atoms with E-state index in [1.54, 1.807) is 24.3 Å². The number of rotatable bonds is 4. The monoisotopic (exact) mass is 406 g/mol. The molecule has 1 aliphatic heterocycles. The number of anilines is 2. The fraction of sp³-hybridized carbons (Fsp3) is 0.136. The number of fused-ring (bicyclic) bond motifs is 1. The molecule has 2 heterocycles. The van der Waals surface area contributed by atoms with E-state index in [0.29, 0.717) is 21.0 Å². The van der Waals surface area contributed by atoms with E-state index in [-0.39, 0.29) is 11.5 Å². The molecule has 1 aromatic heterocycles. The summed E-state index contributed by atoms with van der Waals surface area (Å²) in [4.78, 5) is 38.6. The standard InChI is InChI=1S/C22H18N2O4S/c1-28-22(27)16-14(12-8-4-2-5-9-12)15-17(23)19(29-21(15)24-20(16)26)18(25)13-10-6-3-7-11-13/h2-11,14,16H,23H2,1H3,(H,24,26)/t14-,16-/m1/s1. The summed E-state index contributed by atoms with van der Waals surface area (Å²) in [6.45, 7) is 0. The second kappa shape index (κ2) is 7.52. The van der Waals surface area contributed by atoms with Crippen LogP contribution in [-0.4, -0.2) is 24.8 Å². The zero-order valence-electron chi connectivity index (χ0n) is 15.5. The number of carbonyl (C=O) groups excluding carboxylic acids is 3. The van der Waals surface area contributed by atoms with E-state index < -0.39 is 23.7 Å². The maximum atomic E-state index is 13.0. The number of amides is 1. The normalized spacial score (nSPS) is 17.9. The lowest BCUT2D eigenvalue weighted by Crippen LogP contribution is -2.39. The van der Waals surface area contributed by atoms with Gasteiger partial charge in [-0.15, -0.1) is 11.3 Å². The second-order valence-electron chi connectivity index (χ2n) is 6.66. The zero-order valence-corrected chi connectivity index (χ0v) is 16.4. The molecule has 146 valence electrons. The SMILES string of the molecule is COC(=O)[C@H]1C(=O)Nc2sc(C(=O)c3ccccc3)c(N)c2[C@H]1c1ccccc1. The summed E-state index contributed by atoms with van der Waals surface area (Å²) in [5, 5.41) is 3.23. The van der Waals surface area contributed by atoms with Crippen molar-refractivity contribution in [1.29, 1.82) is 0 Å². The molecule has 0 saturated carbocycles. The van der Waals surface area contributed by atoms with Crippen molar-refractivity contribution in [3.63, 3.8) is 0 Å². The molecule has 0 fully saturated rings. The highest BCUT2D eigenvalue weighted by atomic mass is 32.1. The Hall–Kier alpha value is -3.45. The Labute approximate surface area is 171 Å². The van der Waals surface area contributed by atoms with Gasteiger partial charge < -0.3 is 15.8 Å². The molecule has 6 nitrogen and oxygen atoms in total. The van der Waals surface area contributed by atoms with Crippen LogP contribution in [0.2, 0.25) is 0 Å². The minimum atomic E-state index is -1.09. The number of nitrogen functional groups attached to an aromatic ring is 1. The molecule has 1 aliphatic rings. The summed E-state index contributed by atoms with van der Waals surface area (Å²) in [6.07, 6.45) is 0. The summed E-state index contributed by atoms with van der Waals surface area (Å²) in [5.74, 6) is -3.08. The van der Waals surface area contributed by atoms with E-state index in [9.17, 15) is 14.4 Å². The van der Waals surface area contributed by atoms with Gasteiger partial charge in [-0.25, -0.2) is 0 Å². The summed E-state index contributed by atoms with van der Waals surface area (Å²) < 4.78 is 4.89. The average Bonchev–Trinajstić information content (AvgIpc) is 3.08. The lowest BCUT2D eigenvalue weighted by Gasteiger charge is -2.30. The molecule has 0 saturated heterocycles. The van der Waals surface area contributed by atoms with Crippen LogP contribution in [0.1, 0.15) is 32.3 Å². The fourth-order valence-corrected chi connectivity index (χ4v) is 4.78. The zero-order chi connectivity index (χ0) is 20.5. The van der Waals surface area contributed by atoms with Crippen LogP contribution in [-0.2, 0) is 14.3 Å². The molecule has 2 atom stereocenters. The Balaban J connectivity index is 1.89. The first kappa shape index (κ1) is 18.9. The third kappa shape index (κ3) is 3.19. The first-order chi connectivity index (χ1) is 14.0. The Morgan fingerprint density at radius 3 is 2.28 bits per heavy atom. The number of ketones is 1. The van der Waals surface area contributed by atoms with Crippen molar-refractivity contribution >= 4 is 39.7 Å². The highest BCUT2D eigenvalue weighted by Crippen LogP contribution is 2.49. The highest BCUT2D eigenvalue weighted by molar-refractivity contribution is 7.19. The molecule has 29 heavy (non-hydrogen) atoms. The van der Waals surface area contributed by atoms with Crippen LogP contribution >= 0.6 is 11.3 Å². The van der Waals surface area contributed by atoms with Gasteiger partial charge >= 0.3 is 5.97 Å². The van der Waals surface area contributed by atoms with Crippen molar-refractivity contribution in [1.82, 2.24) is 0 Å². The molecule has 0 spiro atoms. The fourth-order valence-electron chi connectivity index (χ4n) is 3.64. The highest BCUT2D eigenvalue weighted by Gasteiger charge is 2.45. The van der Waals surface area contributed by atoms with Gasteiger partial charge in [0.2, 0.25) is 11.7 Å². The van der Waals surface area contributed by atoms with Crippen LogP contribution < -0.4 is 11.1 Å². The number of benzene rings is 2. The van der Waals surface area contributed by atoms with Crippen LogP contribution in [0.3, 0.4) is 0 Å². The minimum absolute atomic E-state index is 0.224. The number of methoxy groups -OCH3 is 1. The molecule has 0 bridgehead atoms. The molecule has 1 amide bonds. The Morgan fingerprint density at radius 1 is 1.03 bits per heavy atom. The summed E-state index contributed by atoms with van der Waals surface area (Å²) in [6, 6.07) is 18.0. The van der Waals surface area contributed by atoms with E-state index in [4.69, 9.17) is 10.5 Å². The molecule has 3 aromatic rings. The summed E-state index contributed by atoms with van der Waals surface area (Å²) in [7, 11) is 1.24. The van der Waals surface area contributed by atoms with Crippen LogP contribution in [0.15, 0.2) is 60.7 Å². The number of esters is 1. The second-order valence-corrected chi connectivity index (χ2v) is 7.68. The average molecular weight is 406 g/mol. The van der Waals surface area contributed by atoms with Gasteiger partial charge in [-0.1, -0.05) is 60.7 Å². The molecule has 7 heteroatoms. The third-order valence-electron chi connectivity index (χ3n) is 5.00. The van der Waals surface area contributed by atoms with E-state index in [0.717, 1.165) is 16.9 Å². The number of hydrogen-bond acceptors (Lipinski definition) is 6. The molecule has 0 radical (unpaired) electrons. The lowest BCUT2D eigenvalue weighted by atomic mass is 9.78. The summed E-state index contributed by atoms with van der Waals surface area (Å²) >= 11 is 1.13. The molecule has 0 aliphatic carbocycles. The number of hydrogen-bond donors (Lipinski definition) is 2. The first-order valence-corrected chi connectivity index (χ1v) is 9.80. The van der Waals surface area contributed by atoms with Gasteiger partial charge in [0.1, 0.15) is 15.8 Å². The van der Waals surface area contributed by atoms with Crippen LogP contribution in [0.5, 0.6) is 0 Å². The molecular weight excluding hydrogens is 388 g/mol. The van der Waals surface area contributed by atoms with E-state index >= 15 is 0 Å². The first-order valence-electron chi connectivity index (χ1n) is 8.98. The maximum absolute atomic E-state index is 13.0. The predicted molar refractivity (Wildman–Crippen MR) is 111 cm³/mol. The number of nitrogens with two attached hydrogens (primary N) is 1. The van der Waals surface area contributed by atoms with Gasteiger partial charge in [0.25, 0.3) is 0 Å². The van der Waals surface area contributed by atoms with Crippen molar-refractivity contribution in [2.45, 2.75) is 5.92 Å². The minimum Gasteiger partial charge on any atom is -0.468 e. The van der Waals surface area contributed by atoms with Crippen LogP contribution in [0.25, 0.3) is 0 Å². The van der Waals surface area contributed by atoms with Crippen LogP contribution in [0, 0.1) is 5.92 Å². The van der Waals surface area contributed by atoms with Crippen LogP contribution in [0.4, 0.5) is 10.7 Å². The van der Waals surface area contributed by atoms with Gasteiger partial charge in [-0.3, -0.25) is 14.4 Å².